The van der Waals surface area contributed by atoms with Crippen LogP contribution < -0.4 is 18.9 Å². The summed E-state index contributed by atoms with van der Waals surface area (Å²) in [6.45, 7) is 6.56. The topological polar surface area (TPSA) is 125 Å². The molecule has 4 rings (SSSR count). The molecule has 0 atom stereocenters. The first-order valence-corrected chi connectivity index (χ1v) is 13.4. The molecular weight excluding hydrogens is 506 g/mol. The van der Waals surface area contributed by atoms with Gasteiger partial charge in [0.05, 0.1) is 18.6 Å². The molecule has 2 aromatic heterocycles. The van der Waals surface area contributed by atoms with E-state index in [0.717, 1.165) is 0 Å². The van der Waals surface area contributed by atoms with Crippen LogP contribution in [0.5, 0.6) is 23.1 Å². The largest absolute Gasteiger partial charge is 0.493 e. The molecule has 198 valence electrons. The molecule has 2 aromatic carbocycles. The van der Waals surface area contributed by atoms with Crippen LogP contribution in [0.1, 0.15) is 27.2 Å². The van der Waals surface area contributed by atoms with Crippen molar-refractivity contribution in [3.05, 3.63) is 73.1 Å². The molecule has 0 aliphatic rings. The lowest BCUT2D eigenvalue weighted by Crippen LogP contribution is -2.17. The zero-order valence-corrected chi connectivity index (χ0v) is 22.4. The lowest BCUT2D eigenvalue weighted by Gasteiger charge is -2.20. The van der Waals surface area contributed by atoms with Crippen molar-refractivity contribution in [3.8, 4) is 34.8 Å². The SMILES string of the molecule is COc1ccccc1Oc1c(NS(=O)(=O)c2ccccc2)nc(-c2ncccn2)nc1OCCC(C)(C)C. The first-order chi connectivity index (χ1) is 18.2. The number of para-hydroxylation sites is 2. The smallest absolute Gasteiger partial charge is 0.263 e. The quantitative estimate of drug-likeness (QED) is 0.286. The third-order valence-electron chi connectivity index (χ3n) is 5.26. The van der Waals surface area contributed by atoms with Crippen LogP contribution in [0.25, 0.3) is 11.6 Å². The molecule has 2 heterocycles. The molecule has 0 aliphatic heterocycles. The number of benzene rings is 2. The van der Waals surface area contributed by atoms with Crippen LogP contribution in [0.4, 0.5) is 5.82 Å². The van der Waals surface area contributed by atoms with Gasteiger partial charge < -0.3 is 14.2 Å². The van der Waals surface area contributed by atoms with Gasteiger partial charge in [-0.25, -0.2) is 23.4 Å². The summed E-state index contributed by atoms with van der Waals surface area (Å²) in [5, 5.41) is 0. The Kier molecular flexibility index (Phi) is 8.06. The highest BCUT2D eigenvalue weighted by Gasteiger charge is 2.26. The van der Waals surface area contributed by atoms with Gasteiger partial charge in [0, 0.05) is 12.4 Å². The molecule has 10 nitrogen and oxygen atoms in total. The van der Waals surface area contributed by atoms with E-state index in [1.165, 1.54) is 19.2 Å². The van der Waals surface area contributed by atoms with Gasteiger partial charge in [0.15, 0.2) is 23.1 Å². The van der Waals surface area contributed by atoms with Gasteiger partial charge in [0.25, 0.3) is 15.9 Å². The number of nitrogens with zero attached hydrogens (tertiary/aromatic N) is 4. The van der Waals surface area contributed by atoms with Crippen molar-refractivity contribution in [1.82, 2.24) is 19.9 Å². The highest BCUT2D eigenvalue weighted by molar-refractivity contribution is 7.92. The van der Waals surface area contributed by atoms with E-state index < -0.39 is 10.0 Å². The second-order valence-electron chi connectivity index (χ2n) is 9.43. The standard InChI is InChI=1S/C27H29N5O5S/c1-27(2,3)15-18-36-26-22(37-21-14-9-8-13-20(21)35-4)23(30-25(31-26)24-28-16-10-17-29-24)32-38(33,34)19-11-6-5-7-12-19/h5-14,16-17H,15,18H2,1-4H3,(H,30,31,32). The van der Waals surface area contributed by atoms with Crippen molar-refractivity contribution in [2.45, 2.75) is 32.1 Å². The van der Waals surface area contributed by atoms with Gasteiger partial charge in [-0.2, -0.15) is 4.98 Å². The molecule has 0 saturated heterocycles. The van der Waals surface area contributed by atoms with Gasteiger partial charge in [-0.1, -0.05) is 51.1 Å². The minimum Gasteiger partial charge on any atom is -0.493 e. The van der Waals surface area contributed by atoms with Crippen molar-refractivity contribution >= 4 is 15.8 Å². The van der Waals surface area contributed by atoms with Crippen molar-refractivity contribution in [3.63, 3.8) is 0 Å². The zero-order chi connectivity index (χ0) is 27.2. The Morgan fingerprint density at radius 2 is 1.50 bits per heavy atom. The maximum absolute atomic E-state index is 13.3. The van der Waals surface area contributed by atoms with Crippen LogP contribution in [0, 0.1) is 5.41 Å². The second-order valence-corrected chi connectivity index (χ2v) is 11.1. The van der Waals surface area contributed by atoms with Gasteiger partial charge in [-0.3, -0.25) is 4.72 Å². The first-order valence-electron chi connectivity index (χ1n) is 11.9. The monoisotopic (exact) mass is 535 g/mol. The van der Waals surface area contributed by atoms with Crippen LogP contribution in [0.2, 0.25) is 0 Å². The number of hydrogen-bond donors (Lipinski definition) is 1. The Labute approximate surface area is 222 Å². The van der Waals surface area contributed by atoms with E-state index in [1.54, 1.807) is 60.9 Å². The number of aromatic nitrogens is 4. The fourth-order valence-corrected chi connectivity index (χ4v) is 4.28. The molecule has 0 aliphatic carbocycles. The summed E-state index contributed by atoms with van der Waals surface area (Å²) in [7, 11) is -2.54. The van der Waals surface area contributed by atoms with E-state index in [0.29, 0.717) is 24.5 Å². The number of sulfonamides is 1. The van der Waals surface area contributed by atoms with Crippen molar-refractivity contribution in [2.24, 2.45) is 5.41 Å². The average molecular weight is 536 g/mol. The number of methoxy groups -OCH3 is 1. The van der Waals surface area contributed by atoms with Crippen molar-refractivity contribution in [2.75, 3.05) is 18.4 Å². The number of nitrogens with one attached hydrogen (secondary N) is 1. The molecule has 0 unspecified atom stereocenters. The molecule has 4 aromatic rings. The van der Waals surface area contributed by atoms with E-state index in [-0.39, 0.29) is 39.4 Å². The summed E-state index contributed by atoms with van der Waals surface area (Å²) >= 11 is 0. The first kappa shape index (κ1) is 26.8. The lowest BCUT2D eigenvalue weighted by molar-refractivity contribution is 0.229. The fourth-order valence-electron chi connectivity index (χ4n) is 3.26. The van der Waals surface area contributed by atoms with Crippen LogP contribution in [-0.4, -0.2) is 42.1 Å². The maximum atomic E-state index is 13.3. The van der Waals surface area contributed by atoms with Crippen LogP contribution in [0.3, 0.4) is 0 Å². The Bertz CT molecular complexity index is 1480. The van der Waals surface area contributed by atoms with E-state index in [1.807, 2.05) is 0 Å². The molecule has 1 N–H and O–H groups in total. The Morgan fingerprint density at radius 1 is 0.842 bits per heavy atom. The minimum atomic E-state index is -4.05. The Hall–Kier alpha value is -4.25. The summed E-state index contributed by atoms with van der Waals surface area (Å²) < 4.78 is 46.8. The van der Waals surface area contributed by atoms with Gasteiger partial charge >= 0.3 is 0 Å². The summed E-state index contributed by atoms with van der Waals surface area (Å²) in [6.07, 6.45) is 3.78. The number of anilines is 1. The van der Waals surface area contributed by atoms with Crippen LogP contribution >= 0.6 is 0 Å². The molecule has 11 heteroatoms. The maximum Gasteiger partial charge on any atom is 0.263 e. The van der Waals surface area contributed by atoms with Gasteiger partial charge in [0.1, 0.15) is 0 Å². The molecule has 0 bridgehead atoms. The van der Waals surface area contributed by atoms with E-state index in [9.17, 15) is 8.42 Å². The number of ether oxygens (including phenoxy) is 3. The molecular formula is C27H29N5O5S. The van der Waals surface area contributed by atoms with E-state index in [2.05, 4.69) is 45.4 Å². The van der Waals surface area contributed by atoms with Gasteiger partial charge in [0.2, 0.25) is 11.6 Å². The number of hydrogen-bond acceptors (Lipinski definition) is 9. The number of rotatable bonds is 10. The third-order valence-corrected chi connectivity index (χ3v) is 6.61. The van der Waals surface area contributed by atoms with E-state index in [4.69, 9.17) is 14.2 Å². The van der Waals surface area contributed by atoms with Crippen molar-refractivity contribution < 1.29 is 22.6 Å². The van der Waals surface area contributed by atoms with Gasteiger partial charge in [-0.15, -0.1) is 0 Å². The summed E-state index contributed by atoms with van der Waals surface area (Å²) in [5.74, 6) is 0.879. The summed E-state index contributed by atoms with van der Waals surface area (Å²) in [4.78, 5) is 17.5. The minimum absolute atomic E-state index is 0.0141. The molecule has 0 saturated carbocycles. The average Bonchev–Trinajstić information content (AvgIpc) is 2.90. The molecule has 0 spiro atoms. The zero-order valence-electron chi connectivity index (χ0n) is 21.6. The van der Waals surface area contributed by atoms with E-state index >= 15 is 0 Å². The second kappa shape index (κ2) is 11.4. The Balaban J connectivity index is 1.87. The van der Waals surface area contributed by atoms with Crippen LogP contribution in [-0.2, 0) is 10.0 Å². The summed E-state index contributed by atoms with van der Waals surface area (Å²) in [5.41, 5.74) is -0.0141. The third kappa shape index (κ3) is 6.74. The van der Waals surface area contributed by atoms with Crippen molar-refractivity contribution in [1.29, 1.82) is 0 Å². The highest BCUT2D eigenvalue weighted by atomic mass is 32.2. The molecule has 0 radical (unpaired) electrons. The highest BCUT2D eigenvalue weighted by Crippen LogP contribution is 2.41. The summed E-state index contributed by atoms with van der Waals surface area (Å²) in [6, 6.07) is 16.6. The normalized spacial score (nSPS) is 11.6. The predicted molar refractivity (Wildman–Crippen MR) is 143 cm³/mol. The van der Waals surface area contributed by atoms with Crippen LogP contribution in [0.15, 0.2) is 78.0 Å². The lowest BCUT2D eigenvalue weighted by atomic mass is 9.93. The molecule has 38 heavy (non-hydrogen) atoms. The molecule has 0 fully saturated rings. The molecule has 0 amide bonds. The Morgan fingerprint density at radius 3 is 2.16 bits per heavy atom. The van der Waals surface area contributed by atoms with Gasteiger partial charge in [-0.05, 0) is 42.2 Å². The predicted octanol–water partition coefficient (Wildman–Crippen LogP) is 5.35. The fraction of sp³-hybridized carbons (Fsp3) is 0.259.